The third-order valence-electron chi connectivity index (χ3n) is 4.82. The van der Waals surface area contributed by atoms with E-state index >= 15 is 0 Å². The molecule has 0 unspecified atom stereocenters. The molecule has 26 heavy (non-hydrogen) atoms. The molecule has 7 nitrogen and oxygen atoms in total. The number of amides is 1. The zero-order valence-corrected chi connectivity index (χ0v) is 16.1. The summed E-state index contributed by atoms with van der Waals surface area (Å²) < 4.78 is 1.93. The van der Waals surface area contributed by atoms with Crippen molar-refractivity contribution in [3.8, 4) is 0 Å². The molecule has 1 aliphatic heterocycles. The number of aromatic nitrogens is 5. The van der Waals surface area contributed by atoms with E-state index in [0.717, 1.165) is 63.1 Å². The highest BCUT2D eigenvalue weighted by atomic mass is 16.2. The second-order valence-electron chi connectivity index (χ2n) is 7.82. The fourth-order valence-electron chi connectivity index (χ4n) is 3.63. The predicted molar refractivity (Wildman–Crippen MR) is 99.8 cm³/mol. The van der Waals surface area contributed by atoms with Crippen molar-refractivity contribution < 1.29 is 4.79 Å². The summed E-state index contributed by atoms with van der Waals surface area (Å²) in [5, 5.41) is 15.7. The van der Waals surface area contributed by atoms with Crippen LogP contribution < -0.4 is 0 Å². The van der Waals surface area contributed by atoms with Crippen LogP contribution in [-0.2, 0) is 19.4 Å². The maximum absolute atomic E-state index is 12.7. The minimum Gasteiger partial charge on any atom is -0.337 e. The van der Waals surface area contributed by atoms with Crippen LogP contribution in [0, 0.1) is 11.8 Å². The first-order chi connectivity index (χ1) is 12.5. The molecular formula is C19H30N6O. The van der Waals surface area contributed by atoms with E-state index in [1.165, 1.54) is 0 Å². The minimum atomic E-state index is 0.0346. The van der Waals surface area contributed by atoms with Gasteiger partial charge in [-0.05, 0) is 43.6 Å². The molecule has 3 heterocycles. The lowest BCUT2D eigenvalue weighted by Crippen LogP contribution is -2.41. The van der Waals surface area contributed by atoms with Crippen molar-refractivity contribution in [1.82, 2.24) is 30.1 Å². The lowest BCUT2D eigenvalue weighted by molar-refractivity contribution is 0.0653. The summed E-state index contributed by atoms with van der Waals surface area (Å²) in [5.74, 6) is 1.03. The Morgan fingerprint density at radius 2 is 2.27 bits per heavy atom. The maximum atomic E-state index is 12.7. The summed E-state index contributed by atoms with van der Waals surface area (Å²) in [5.41, 5.74) is 2.61. The Labute approximate surface area is 155 Å². The largest absolute Gasteiger partial charge is 0.337 e. The van der Waals surface area contributed by atoms with Gasteiger partial charge in [0.15, 0.2) is 0 Å². The molecule has 0 spiro atoms. The number of carbonyl (C=O) groups excluding carboxylic acids is 1. The summed E-state index contributed by atoms with van der Waals surface area (Å²) in [4.78, 5) is 14.7. The molecule has 142 valence electrons. The van der Waals surface area contributed by atoms with Crippen LogP contribution in [0.3, 0.4) is 0 Å². The first kappa shape index (κ1) is 18.6. The number of hydrogen-bond acceptors (Lipinski definition) is 4. The van der Waals surface area contributed by atoms with Crippen molar-refractivity contribution in [1.29, 1.82) is 0 Å². The molecular weight excluding hydrogens is 328 g/mol. The molecule has 3 rings (SSSR count). The Balaban J connectivity index is 1.58. The SMILES string of the molecule is CCCc1cc(C(=O)N2CCC[C@@H](Cn3cc(CC(C)C)nn3)C2)n[nH]1. The van der Waals surface area contributed by atoms with Gasteiger partial charge in [-0.15, -0.1) is 5.10 Å². The predicted octanol–water partition coefficient (Wildman–Crippen LogP) is 2.70. The van der Waals surface area contributed by atoms with Crippen LogP contribution >= 0.6 is 0 Å². The van der Waals surface area contributed by atoms with Crippen LogP contribution in [0.4, 0.5) is 0 Å². The van der Waals surface area contributed by atoms with Crippen LogP contribution in [-0.4, -0.2) is 49.1 Å². The highest BCUT2D eigenvalue weighted by Gasteiger charge is 2.26. The van der Waals surface area contributed by atoms with Crippen LogP contribution in [0.15, 0.2) is 12.3 Å². The molecule has 7 heteroatoms. The van der Waals surface area contributed by atoms with E-state index < -0.39 is 0 Å². The summed E-state index contributed by atoms with van der Waals surface area (Å²) >= 11 is 0. The van der Waals surface area contributed by atoms with Gasteiger partial charge in [-0.2, -0.15) is 5.10 Å². The van der Waals surface area contributed by atoms with Crippen LogP contribution in [0.5, 0.6) is 0 Å². The first-order valence-corrected chi connectivity index (χ1v) is 9.77. The highest BCUT2D eigenvalue weighted by molar-refractivity contribution is 5.92. The van der Waals surface area contributed by atoms with Gasteiger partial charge >= 0.3 is 0 Å². The Hall–Kier alpha value is -2.18. The highest BCUT2D eigenvalue weighted by Crippen LogP contribution is 2.20. The quantitative estimate of drug-likeness (QED) is 0.825. The average molecular weight is 358 g/mol. The van der Waals surface area contributed by atoms with Gasteiger partial charge in [0, 0.05) is 31.5 Å². The van der Waals surface area contributed by atoms with E-state index in [1.54, 1.807) is 0 Å². The van der Waals surface area contributed by atoms with Crippen molar-refractivity contribution >= 4 is 5.91 Å². The molecule has 0 bridgehead atoms. The molecule has 1 N–H and O–H groups in total. The maximum Gasteiger partial charge on any atom is 0.274 e. The van der Waals surface area contributed by atoms with Crippen molar-refractivity contribution in [3.05, 3.63) is 29.3 Å². The Kier molecular flexibility index (Phi) is 6.06. The fourth-order valence-corrected chi connectivity index (χ4v) is 3.63. The van der Waals surface area contributed by atoms with Crippen LogP contribution in [0.1, 0.15) is 61.9 Å². The Bertz CT molecular complexity index is 719. The summed E-state index contributed by atoms with van der Waals surface area (Å²) in [6, 6.07) is 1.89. The number of carbonyl (C=O) groups is 1. The molecule has 0 radical (unpaired) electrons. The molecule has 1 saturated heterocycles. The number of hydrogen-bond donors (Lipinski definition) is 1. The topological polar surface area (TPSA) is 79.7 Å². The second kappa shape index (κ2) is 8.47. The van der Waals surface area contributed by atoms with Gasteiger partial charge in [-0.25, -0.2) is 0 Å². The fraction of sp³-hybridized carbons (Fsp3) is 0.684. The lowest BCUT2D eigenvalue weighted by atomic mass is 9.97. The molecule has 1 atom stereocenters. The van der Waals surface area contributed by atoms with Crippen LogP contribution in [0.2, 0.25) is 0 Å². The van der Waals surface area contributed by atoms with E-state index in [9.17, 15) is 4.79 Å². The summed E-state index contributed by atoms with van der Waals surface area (Å²) in [6.45, 7) is 8.87. The zero-order valence-electron chi connectivity index (χ0n) is 16.1. The van der Waals surface area contributed by atoms with Gasteiger partial charge in [-0.3, -0.25) is 14.6 Å². The first-order valence-electron chi connectivity index (χ1n) is 9.77. The number of aromatic amines is 1. The van der Waals surface area contributed by atoms with E-state index in [1.807, 2.05) is 21.8 Å². The molecule has 1 amide bonds. The zero-order chi connectivity index (χ0) is 18.5. The molecule has 0 aliphatic carbocycles. The van der Waals surface area contributed by atoms with Crippen molar-refractivity contribution in [2.45, 2.75) is 59.4 Å². The molecule has 2 aromatic heterocycles. The molecule has 0 aromatic carbocycles. The van der Waals surface area contributed by atoms with Gasteiger partial charge in [0.05, 0.1) is 5.69 Å². The normalized spacial score (nSPS) is 17.8. The van der Waals surface area contributed by atoms with Crippen LogP contribution in [0.25, 0.3) is 0 Å². The third kappa shape index (κ3) is 4.71. The number of piperidine rings is 1. The molecule has 2 aromatic rings. The number of aryl methyl sites for hydroxylation is 1. The monoisotopic (exact) mass is 358 g/mol. The van der Waals surface area contributed by atoms with E-state index in [-0.39, 0.29) is 5.91 Å². The lowest BCUT2D eigenvalue weighted by Gasteiger charge is -2.32. The Morgan fingerprint density at radius 3 is 3.04 bits per heavy atom. The third-order valence-corrected chi connectivity index (χ3v) is 4.82. The minimum absolute atomic E-state index is 0.0346. The number of nitrogens with zero attached hydrogens (tertiary/aromatic N) is 5. The van der Waals surface area contributed by atoms with E-state index in [0.29, 0.717) is 17.5 Å². The number of H-pyrrole nitrogens is 1. The number of nitrogens with one attached hydrogen (secondary N) is 1. The van der Waals surface area contributed by atoms with Gasteiger partial charge < -0.3 is 4.90 Å². The van der Waals surface area contributed by atoms with E-state index in [2.05, 4.69) is 41.3 Å². The van der Waals surface area contributed by atoms with Crippen molar-refractivity contribution in [2.24, 2.45) is 11.8 Å². The molecule has 1 fully saturated rings. The van der Waals surface area contributed by atoms with Crippen molar-refractivity contribution in [2.75, 3.05) is 13.1 Å². The standard InChI is InChI=1S/C19H30N6O/c1-4-6-16-10-18(22-20-16)19(26)24-8-5-7-15(11-24)12-25-13-17(21-23-25)9-14(2)3/h10,13-15H,4-9,11-12H2,1-3H3,(H,20,22)/t15-/m1/s1. The summed E-state index contributed by atoms with van der Waals surface area (Å²) in [6.07, 6.45) is 7.10. The molecule has 0 saturated carbocycles. The number of rotatable bonds is 7. The van der Waals surface area contributed by atoms with Crippen molar-refractivity contribution in [3.63, 3.8) is 0 Å². The van der Waals surface area contributed by atoms with Gasteiger partial charge in [0.1, 0.15) is 5.69 Å². The van der Waals surface area contributed by atoms with Gasteiger partial charge in [-0.1, -0.05) is 32.4 Å². The molecule has 1 aliphatic rings. The van der Waals surface area contributed by atoms with E-state index in [4.69, 9.17) is 0 Å². The van der Waals surface area contributed by atoms with Gasteiger partial charge in [0.25, 0.3) is 5.91 Å². The number of likely N-dealkylation sites (tertiary alicyclic amines) is 1. The van der Waals surface area contributed by atoms with Gasteiger partial charge in [0.2, 0.25) is 0 Å². The average Bonchev–Trinajstić information content (AvgIpc) is 3.24. The summed E-state index contributed by atoms with van der Waals surface area (Å²) in [7, 11) is 0. The Morgan fingerprint density at radius 1 is 1.42 bits per heavy atom. The second-order valence-corrected chi connectivity index (χ2v) is 7.82. The smallest absolute Gasteiger partial charge is 0.274 e.